The van der Waals surface area contributed by atoms with Crippen LogP contribution in [-0.4, -0.2) is 14.5 Å². The molecule has 0 unspecified atom stereocenters. The van der Waals surface area contributed by atoms with E-state index in [9.17, 15) is 0 Å². The van der Waals surface area contributed by atoms with Crippen molar-refractivity contribution in [3.63, 3.8) is 0 Å². The minimum atomic E-state index is 0.363. The van der Waals surface area contributed by atoms with Crippen LogP contribution < -0.4 is 0 Å². The van der Waals surface area contributed by atoms with Gasteiger partial charge in [-0.3, -0.25) is 4.57 Å². The van der Waals surface area contributed by atoms with Gasteiger partial charge in [-0.1, -0.05) is 26.0 Å². The fraction of sp³-hybridized carbons (Fsp3) is 0.250. The number of aromatic nitrogens is 3. The molecule has 0 fully saturated rings. The first-order valence-corrected chi connectivity index (χ1v) is 7.23. The highest BCUT2D eigenvalue weighted by Gasteiger charge is 2.12. The maximum atomic E-state index is 6.02. The van der Waals surface area contributed by atoms with Crippen LogP contribution in [0.2, 0.25) is 0 Å². The topological polar surface area (TPSA) is 30.7 Å². The molecule has 0 saturated carbocycles. The van der Waals surface area contributed by atoms with Crippen LogP contribution in [0.15, 0.2) is 42.6 Å². The number of hydrogen-bond acceptors (Lipinski definition) is 2. The molecule has 0 aliphatic heterocycles. The number of rotatable bonds is 3. The number of hydrogen-bond donors (Lipinski definition) is 0. The van der Waals surface area contributed by atoms with Gasteiger partial charge in [-0.25, -0.2) is 9.97 Å². The SMILES string of the molecule is CC(C)c1ccc(-n2c(CCl)nc3cccnc32)cc1. The van der Waals surface area contributed by atoms with Crippen LogP contribution in [0, 0.1) is 0 Å². The summed E-state index contributed by atoms with van der Waals surface area (Å²) >= 11 is 6.02. The number of alkyl halides is 1. The normalized spacial score (nSPS) is 11.4. The zero-order chi connectivity index (χ0) is 14.1. The summed E-state index contributed by atoms with van der Waals surface area (Å²) in [7, 11) is 0. The summed E-state index contributed by atoms with van der Waals surface area (Å²) in [4.78, 5) is 8.96. The highest BCUT2D eigenvalue weighted by Crippen LogP contribution is 2.23. The molecule has 1 aromatic carbocycles. The predicted octanol–water partition coefficient (Wildman–Crippen LogP) is 4.28. The molecule has 2 aromatic heterocycles. The molecule has 0 aliphatic carbocycles. The van der Waals surface area contributed by atoms with Gasteiger partial charge in [-0.05, 0) is 35.7 Å². The molecule has 0 N–H and O–H groups in total. The zero-order valence-corrected chi connectivity index (χ0v) is 12.3. The first kappa shape index (κ1) is 13.1. The van der Waals surface area contributed by atoms with Crippen molar-refractivity contribution in [1.82, 2.24) is 14.5 Å². The molecule has 3 rings (SSSR count). The predicted molar refractivity (Wildman–Crippen MR) is 82.5 cm³/mol. The molecular formula is C16H16ClN3. The van der Waals surface area contributed by atoms with E-state index in [1.165, 1.54) is 5.56 Å². The summed E-state index contributed by atoms with van der Waals surface area (Å²) in [6, 6.07) is 12.3. The van der Waals surface area contributed by atoms with Gasteiger partial charge < -0.3 is 0 Å². The number of benzene rings is 1. The number of pyridine rings is 1. The van der Waals surface area contributed by atoms with E-state index in [1.54, 1.807) is 6.20 Å². The molecule has 0 aliphatic rings. The van der Waals surface area contributed by atoms with Crippen molar-refractivity contribution in [3.05, 3.63) is 54.0 Å². The first-order chi connectivity index (χ1) is 9.70. The highest BCUT2D eigenvalue weighted by atomic mass is 35.5. The molecule has 0 bridgehead atoms. The second-order valence-electron chi connectivity index (χ2n) is 5.09. The molecule has 2 heterocycles. The average Bonchev–Trinajstić information content (AvgIpc) is 2.85. The lowest BCUT2D eigenvalue weighted by Gasteiger charge is -2.10. The van der Waals surface area contributed by atoms with Gasteiger partial charge in [-0.15, -0.1) is 11.6 Å². The van der Waals surface area contributed by atoms with E-state index < -0.39 is 0 Å². The van der Waals surface area contributed by atoms with Crippen molar-refractivity contribution in [3.8, 4) is 5.69 Å². The molecule has 0 saturated heterocycles. The van der Waals surface area contributed by atoms with Crippen LogP contribution >= 0.6 is 11.6 Å². The minimum Gasteiger partial charge on any atom is -0.280 e. The molecule has 4 heteroatoms. The lowest BCUT2D eigenvalue weighted by atomic mass is 10.0. The number of fused-ring (bicyclic) bond motifs is 1. The van der Waals surface area contributed by atoms with E-state index in [0.717, 1.165) is 22.7 Å². The summed E-state index contributed by atoms with van der Waals surface area (Å²) in [5.74, 6) is 1.70. The molecule has 0 atom stereocenters. The van der Waals surface area contributed by atoms with E-state index in [0.29, 0.717) is 11.8 Å². The first-order valence-electron chi connectivity index (χ1n) is 6.69. The van der Waals surface area contributed by atoms with E-state index in [-0.39, 0.29) is 0 Å². The summed E-state index contributed by atoms with van der Waals surface area (Å²) in [5, 5.41) is 0. The maximum Gasteiger partial charge on any atom is 0.164 e. The number of halogens is 1. The Bertz CT molecular complexity index is 729. The quantitative estimate of drug-likeness (QED) is 0.672. The van der Waals surface area contributed by atoms with E-state index in [2.05, 4.69) is 48.1 Å². The summed E-state index contributed by atoms with van der Waals surface area (Å²) < 4.78 is 2.02. The van der Waals surface area contributed by atoms with Gasteiger partial charge in [0, 0.05) is 11.9 Å². The van der Waals surface area contributed by atoms with Crippen molar-refractivity contribution in [2.45, 2.75) is 25.6 Å². The van der Waals surface area contributed by atoms with Gasteiger partial charge in [0.1, 0.15) is 11.3 Å². The standard InChI is InChI=1S/C16H16ClN3/c1-11(2)12-5-7-13(8-6-12)20-15(10-17)19-14-4-3-9-18-16(14)20/h3-9,11H,10H2,1-2H3. The van der Waals surface area contributed by atoms with Crippen LogP contribution in [-0.2, 0) is 5.88 Å². The van der Waals surface area contributed by atoms with Gasteiger partial charge in [0.05, 0.1) is 5.88 Å². The monoisotopic (exact) mass is 285 g/mol. The van der Waals surface area contributed by atoms with Crippen LogP contribution in [0.5, 0.6) is 0 Å². The highest BCUT2D eigenvalue weighted by molar-refractivity contribution is 6.16. The molecule has 3 aromatic rings. The molecule has 0 spiro atoms. The third-order valence-electron chi connectivity index (χ3n) is 3.42. The minimum absolute atomic E-state index is 0.363. The second-order valence-corrected chi connectivity index (χ2v) is 5.36. The fourth-order valence-corrected chi connectivity index (χ4v) is 2.51. The Kier molecular flexibility index (Phi) is 3.45. The van der Waals surface area contributed by atoms with Crippen LogP contribution in [0.3, 0.4) is 0 Å². The molecule has 0 amide bonds. The lowest BCUT2D eigenvalue weighted by molar-refractivity contribution is 0.864. The van der Waals surface area contributed by atoms with E-state index in [1.807, 2.05) is 16.7 Å². The van der Waals surface area contributed by atoms with E-state index >= 15 is 0 Å². The summed E-state index contributed by atoms with van der Waals surface area (Å²) in [6.07, 6.45) is 1.78. The summed E-state index contributed by atoms with van der Waals surface area (Å²) in [6.45, 7) is 4.38. The van der Waals surface area contributed by atoms with Crippen molar-refractivity contribution in [2.75, 3.05) is 0 Å². The third kappa shape index (κ3) is 2.18. The van der Waals surface area contributed by atoms with Crippen molar-refractivity contribution >= 4 is 22.8 Å². The number of imidazole rings is 1. The van der Waals surface area contributed by atoms with E-state index in [4.69, 9.17) is 11.6 Å². The van der Waals surface area contributed by atoms with Gasteiger partial charge in [0.15, 0.2) is 5.65 Å². The molecule has 0 radical (unpaired) electrons. The van der Waals surface area contributed by atoms with Gasteiger partial charge in [-0.2, -0.15) is 0 Å². The maximum absolute atomic E-state index is 6.02. The fourth-order valence-electron chi connectivity index (χ4n) is 2.33. The molecule has 102 valence electrons. The Morgan fingerprint density at radius 3 is 2.55 bits per heavy atom. The van der Waals surface area contributed by atoms with Crippen molar-refractivity contribution in [2.24, 2.45) is 0 Å². The Labute approximate surface area is 123 Å². The second kappa shape index (κ2) is 5.25. The molecule has 20 heavy (non-hydrogen) atoms. The zero-order valence-electron chi connectivity index (χ0n) is 11.5. The van der Waals surface area contributed by atoms with Crippen LogP contribution in [0.25, 0.3) is 16.9 Å². The Morgan fingerprint density at radius 1 is 1.15 bits per heavy atom. The largest absolute Gasteiger partial charge is 0.280 e. The Balaban J connectivity index is 2.17. The van der Waals surface area contributed by atoms with Crippen LogP contribution in [0.4, 0.5) is 0 Å². The smallest absolute Gasteiger partial charge is 0.164 e. The molecule has 3 nitrogen and oxygen atoms in total. The van der Waals surface area contributed by atoms with Gasteiger partial charge >= 0.3 is 0 Å². The Hall–Kier alpha value is -1.87. The van der Waals surface area contributed by atoms with Crippen LogP contribution in [0.1, 0.15) is 31.2 Å². The average molecular weight is 286 g/mol. The van der Waals surface area contributed by atoms with Crippen molar-refractivity contribution < 1.29 is 0 Å². The van der Waals surface area contributed by atoms with Gasteiger partial charge in [0.25, 0.3) is 0 Å². The Morgan fingerprint density at radius 2 is 1.90 bits per heavy atom. The van der Waals surface area contributed by atoms with Gasteiger partial charge in [0.2, 0.25) is 0 Å². The molecular weight excluding hydrogens is 270 g/mol. The number of nitrogens with zero attached hydrogens (tertiary/aromatic N) is 3. The van der Waals surface area contributed by atoms with Crippen molar-refractivity contribution in [1.29, 1.82) is 0 Å². The third-order valence-corrected chi connectivity index (χ3v) is 3.66. The lowest BCUT2D eigenvalue weighted by Crippen LogP contribution is -2.00. The summed E-state index contributed by atoms with van der Waals surface area (Å²) in [5.41, 5.74) is 4.08.